The molecule has 0 unspecified atom stereocenters. The molecule has 0 radical (unpaired) electrons. The SMILES string of the molecule is C#CC(C)(C)NCc1cccc(OCC)c1O. The Morgan fingerprint density at radius 3 is 2.76 bits per heavy atom. The molecule has 17 heavy (non-hydrogen) atoms. The average Bonchev–Trinajstić information content (AvgIpc) is 2.31. The number of ether oxygens (including phenoxy) is 1. The number of nitrogens with one attached hydrogen (secondary N) is 1. The van der Waals surface area contributed by atoms with Crippen LogP contribution in [0.4, 0.5) is 0 Å². The zero-order valence-corrected chi connectivity index (χ0v) is 10.6. The molecule has 0 aromatic heterocycles. The van der Waals surface area contributed by atoms with E-state index in [1.165, 1.54) is 0 Å². The van der Waals surface area contributed by atoms with Crippen molar-refractivity contribution in [3.8, 4) is 23.8 Å². The van der Waals surface area contributed by atoms with E-state index in [0.29, 0.717) is 18.9 Å². The molecular formula is C14H19NO2. The quantitative estimate of drug-likeness (QED) is 0.767. The summed E-state index contributed by atoms with van der Waals surface area (Å²) in [7, 11) is 0. The summed E-state index contributed by atoms with van der Waals surface area (Å²) >= 11 is 0. The highest BCUT2D eigenvalue weighted by Crippen LogP contribution is 2.29. The first-order valence-electron chi connectivity index (χ1n) is 5.66. The minimum absolute atomic E-state index is 0.176. The maximum atomic E-state index is 9.97. The molecule has 0 amide bonds. The minimum atomic E-state index is -0.395. The molecule has 0 heterocycles. The van der Waals surface area contributed by atoms with E-state index in [4.69, 9.17) is 11.2 Å². The highest BCUT2D eigenvalue weighted by Gasteiger charge is 2.14. The Labute approximate surface area is 103 Å². The molecule has 3 heteroatoms. The van der Waals surface area contributed by atoms with Crippen LogP contribution in [0.1, 0.15) is 26.3 Å². The van der Waals surface area contributed by atoms with Crippen LogP contribution in [0.5, 0.6) is 11.5 Å². The lowest BCUT2D eigenvalue weighted by Crippen LogP contribution is -2.36. The molecule has 0 aliphatic heterocycles. The van der Waals surface area contributed by atoms with Crippen molar-refractivity contribution in [2.45, 2.75) is 32.9 Å². The second-order valence-corrected chi connectivity index (χ2v) is 4.32. The Kier molecular flexibility index (Phi) is 4.42. The Bertz CT molecular complexity index is 419. The number of aromatic hydroxyl groups is 1. The maximum Gasteiger partial charge on any atom is 0.162 e. The van der Waals surface area contributed by atoms with Crippen molar-refractivity contribution >= 4 is 0 Å². The molecule has 0 saturated carbocycles. The lowest BCUT2D eigenvalue weighted by atomic mass is 10.1. The Hall–Kier alpha value is -1.66. The molecule has 2 N–H and O–H groups in total. The van der Waals surface area contributed by atoms with Gasteiger partial charge in [-0.1, -0.05) is 18.1 Å². The van der Waals surface area contributed by atoms with Gasteiger partial charge in [-0.3, -0.25) is 5.32 Å². The molecule has 0 atom stereocenters. The topological polar surface area (TPSA) is 41.5 Å². The predicted octanol–water partition coefficient (Wildman–Crippen LogP) is 2.29. The van der Waals surface area contributed by atoms with E-state index in [0.717, 1.165) is 5.56 Å². The van der Waals surface area contributed by atoms with Gasteiger partial charge >= 0.3 is 0 Å². The molecule has 3 nitrogen and oxygen atoms in total. The summed E-state index contributed by atoms with van der Waals surface area (Å²) in [5.74, 6) is 3.33. The summed E-state index contributed by atoms with van der Waals surface area (Å²) in [5, 5.41) is 13.2. The molecule has 1 aromatic rings. The van der Waals surface area contributed by atoms with Crippen molar-refractivity contribution in [1.82, 2.24) is 5.32 Å². The number of hydrogen-bond donors (Lipinski definition) is 2. The fourth-order valence-electron chi connectivity index (χ4n) is 1.35. The van der Waals surface area contributed by atoms with Crippen molar-refractivity contribution in [3.63, 3.8) is 0 Å². The first-order valence-corrected chi connectivity index (χ1v) is 5.66. The van der Waals surface area contributed by atoms with Crippen LogP contribution in [-0.4, -0.2) is 17.3 Å². The van der Waals surface area contributed by atoms with Gasteiger partial charge in [0.2, 0.25) is 0 Å². The van der Waals surface area contributed by atoms with Gasteiger partial charge in [0.25, 0.3) is 0 Å². The summed E-state index contributed by atoms with van der Waals surface area (Å²) < 4.78 is 5.32. The van der Waals surface area contributed by atoms with Crippen molar-refractivity contribution < 1.29 is 9.84 Å². The number of phenolic OH excluding ortho intramolecular Hbond substituents is 1. The van der Waals surface area contributed by atoms with E-state index in [2.05, 4.69) is 11.2 Å². The molecule has 0 bridgehead atoms. The van der Waals surface area contributed by atoms with Crippen molar-refractivity contribution in [2.24, 2.45) is 0 Å². The number of para-hydroxylation sites is 1. The largest absolute Gasteiger partial charge is 0.504 e. The standard InChI is InChI=1S/C14H19NO2/c1-5-14(3,4)15-10-11-8-7-9-12(13(11)16)17-6-2/h1,7-9,15-16H,6,10H2,2-4H3. The molecule has 0 aliphatic carbocycles. The van der Waals surface area contributed by atoms with E-state index >= 15 is 0 Å². The minimum Gasteiger partial charge on any atom is -0.504 e. The van der Waals surface area contributed by atoms with Gasteiger partial charge in [0.1, 0.15) is 0 Å². The van der Waals surface area contributed by atoms with Crippen LogP contribution in [0.25, 0.3) is 0 Å². The molecule has 92 valence electrons. The third kappa shape index (κ3) is 3.69. The van der Waals surface area contributed by atoms with Crippen molar-refractivity contribution in [1.29, 1.82) is 0 Å². The molecule has 1 rings (SSSR count). The molecule has 0 aliphatic rings. The first-order chi connectivity index (χ1) is 8.00. The number of phenols is 1. The van der Waals surface area contributed by atoms with Crippen LogP contribution < -0.4 is 10.1 Å². The number of rotatable bonds is 5. The molecule has 0 fully saturated rings. The average molecular weight is 233 g/mol. The van der Waals surface area contributed by atoms with Crippen LogP contribution in [-0.2, 0) is 6.54 Å². The van der Waals surface area contributed by atoms with Gasteiger partial charge in [-0.25, -0.2) is 0 Å². The van der Waals surface area contributed by atoms with Crippen LogP contribution in [0.15, 0.2) is 18.2 Å². The molecule has 1 aromatic carbocycles. The van der Waals surface area contributed by atoms with E-state index < -0.39 is 5.54 Å². The van der Waals surface area contributed by atoms with Crippen LogP contribution in [0.2, 0.25) is 0 Å². The molecule has 0 saturated heterocycles. The zero-order valence-electron chi connectivity index (χ0n) is 10.6. The Morgan fingerprint density at radius 2 is 2.18 bits per heavy atom. The summed E-state index contributed by atoms with van der Waals surface area (Å²) in [4.78, 5) is 0. The summed E-state index contributed by atoms with van der Waals surface area (Å²) in [6, 6.07) is 5.44. The zero-order chi connectivity index (χ0) is 12.9. The van der Waals surface area contributed by atoms with Crippen molar-refractivity contribution in [2.75, 3.05) is 6.61 Å². The van der Waals surface area contributed by atoms with Gasteiger partial charge in [-0.15, -0.1) is 6.42 Å². The van der Waals surface area contributed by atoms with Gasteiger partial charge in [0.05, 0.1) is 12.1 Å². The van der Waals surface area contributed by atoms with Gasteiger partial charge < -0.3 is 9.84 Å². The smallest absolute Gasteiger partial charge is 0.162 e. The van der Waals surface area contributed by atoms with E-state index in [1.54, 1.807) is 6.07 Å². The molecular weight excluding hydrogens is 214 g/mol. The fourth-order valence-corrected chi connectivity index (χ4v) is 1.35. The number of terminal acetylenes is 1. The maximum absolute atomic E-state index is 9.97. The normalized spacial score (nSPS) is 10.9. The third-order valence-electron chi connectivity index (χ3n) is 2.46. The highest BCUT2D eigenvalue weighted by molar-refractivity contribution is 5.45. The number of benzene rings is 1. The monoisotopic (exact) mass is 233 g/mol. The van der Waals surface area contributed by atoms with Crippen LogP contribution in [0.3, 0.4) is 0 Å². The number of hydrogen-bond acceptors (Lipinski definition) is 3. The van der Waals surface area contributed by atoms with Gasteiger partial charge in [0, 0.05) is 12.1 Å². The van der Waals surface area contributed by atoms with Gasteiger partial charge in [0.15, 0.2) is 11.5 Å². The Balaban J connectivity index is 2.79. The van der Waals surface area contributed by atoms with E-state index in [9.17, 15) is 5.11 Å². The predicted molar refractivity (Wildman–Crippen MR) is 69.0 cm³/mol. The van der Waals surface area contributed by atoms with Crippen LogP contribution in [0, 0.1) is 12.3 Å². The Morgan fingerprint density at radius 1 is 1.47 bits per heavy atom. The second-order valence-electron chi connectivity index (χ2n) is 4.32. The first kappa shape index (κ1) is 13.4. The van der Waals surface area contributed by atoms with Crippen molar-refractivity contribution in [3.05, 3.63) is 23.8 Å². The lowest BCUT2D eigenvalue weighted by molar-refractivity contribution is 0.315. The fraction of sp³-hybridized carbons (Fsp3) is 0.429. The lowest BCUT2D eigenvalue weighted by Gasteiger charge is -2.20. The van der Waals surface area contributed by atoms with Gasteiger partial charge in [-0.05, 0) is 26.8 Å². The van der Waals surface area contributed by atoms with Crippen LogP contribution >= 0.6 is 0 Å². The van der Waals surface area contributed by atoms with E-state index in [1.807, 2.05) is 32.9 Å². The third-order valence-corrected chi connectivity index (χ3v) is 2.46. The van der Waals surface area contributed by atoms with Gasteiger partial charge in [-0.2, -0.15) is 0 Å². The second kappa shape index (κ2) is 5.60. The molecule has 0 spiro atoms. The summed E-state index contributed by atoms with van der Waals surface area (Å²) in [6.07, 6.45) is 5.39. The van der Waals surface area contributed by atoms with E-state index in [-0.39, 0.29) is 5.75 Å². The summed E-state index contributed by atoms with van der Waals surface area (Å²) in [6.45, 7) is 6.74. The summed E-state index contributed by atoms with van der Waals surface area (Å²) in [5.41, 5.74) is 0.382. The highest BCUT2D eigenvalue weighted by atomic mass is 16.5.